The number of guanidine groups is 1. The average Bonchev–Trinajstić information content (AvgIpc) is 2.74. The fraction of sp³-hybridized carbons (Fsp3) is 0.571. The Labute approximate surface area is 201 Å². The third-order valence-electron chi connectivity index (χ3n) is 4.67. The van der Waals surface area contributed by atoms with Crippen molar-refractivity contribution in [3.8, 4) is 0 Å². The molecule has 0 aliphatic carbocycles. The highest BCUT2D eigenvalue weighted by molar-refractivity contribution is 14.0. The number of likely N-dealkylation sites (N-methyl/N-ethyl adjacent to an activating group) is 1. The number of carbonyl (C=O) groups excluding carboxylic acids is 2. The molecule has 1 fully saturated rings. The standard InChI is InChI=1S/C21H32N4O3S.HI/c1-4-28-20(27)17-10-13-25(14-11-17)21(23-16-19(26)24(2)3)22-12-15-29-18-8-6-5-7-9-18;/h5-9,17H,4,10-16H2,1-3H3,(H,22,23);1H. The second-order valence-corrected chi connectivity index (χ2v) is 8.20. The molecular weight excluding hydrogens is 515 g/mol. The van der Waals surface area contributed by atoms with Crippen LogP contribution in [-0.2, 0) is 14.3 Å². The molecule has 9 heteroatoms. The molecule has 0 bridgehead atoms. The number of hydrogen-bond donors (Lipinski definition) is 1. The van der Waals surface area contributed by atoms with Gasteiger partial charge in [0.1, 0.15) is 6.54 Å². The SMILES string of the molecule is CCOC(=O)C1CCN(C(=NCC(=O)N(C)C)NCCSc2ccccc2)CC1.I. The number of nitrogens with zero attached hydrogens (tertiary/aromatic N) is 3. The molecule has 1 aliphatic rings. The minimum Gasteiger partial charge on any atom is -0.466 e. The quantitative estimate of drug-likeness (QED) is 0.135. The van der Waals surface area contributed by atoms with Gasteiger partial charge in [0.15, 0.2) is 5.96 Å². The fourth-order valence-corrected chi connectivity index (χ4v) is 3.78. The minimum absolute atomic E-state index is 0. The molecule has 0 unspecified atom stereocenters. The number of nitrogens with one attached hydrogen (secondary N) is 1. The third-order valence-corrected chi connectivity index (χ3v) is 5.69. The van der Waals surface area contributed by atoms with Gasteiger partial charge < -0.3 is 19.9 Å². The molecule has 1 aromatic rings. The Balaban J connectivity index is 0.00000450. The van der Waals surface area contributed by atoms with Gasteiger partial charge in [-0.3, -0.25) is 9.59 Å². The van der Waals surface area contributed by atoms with Gasteiger partial charge in [-0.2, -0.15) is 0 Å². The molecule has 0 radical (unpaired) electrons. The molecule has 2 rings (SSSR count). The molecule has 1 N–H and O–H groups in total. The second-order valence-electron chi connectivity index (χ2n) is 7.03. The number of amides is 1. The summed E-state index contributed by atoms with van der Waals surface area (Å²) in [7, 11) is 3.46. The maximum Gasteiger partial charge on any atom is 0.309 e. The maximum atomic E-state index is 12.0. The molecule has 1 aromatic carbocycles. The predicted octanol–water partition coefficient (Wildman–Crippen LogP) is 2.71. The van der Waals surface area contributed by atoms with Gasteiger partial charge in [-0.05, 0) is 31.9 Å². The second kappa shape index (κ2) is 14.5. The first-order valence-electron chi connectivity index (χ1n) is 10.1. The topological polar surface area (TPSA) is 74.2 Å². The van der Waals surface area contributed by atoms with Gasteiger partial charge in [0.2, 0.25) is 5.91 Å². The smallest absolute Gasteiger partial charge is 0.309 e. The molecule has 30 heavy (non-hydrogen) atoms. The van der Waals surface area contributed by atoms with E-state index in [9.17, 15) is 9.59 Å². The molecule has 1 amide bonds. The summed E-state index contributed by atoms with van der Waals surface area (Å²) in [6.45, 7) is 4.54. The fourth-order valence-electron chi connectivity index (χ4n) is 2.99. The maximum absolute atomic E-state index is 12.0. The van der Waals surface area contributed by atoms with Crippen LogP contribution in [0.5, 0.6) is 0 Å². The Kier molecular flexibility index (Phi) is 12.8. The lowest BCUT2D eigenvalue weighted by Crippen LogP contribution is -2.47. The number of benzene rings is 1. The van der Waals surface area contributed by atoms with E-state index in [-0.39, 0.29) is 48.3 Å². The number of hydrogen-bond acceptors (Lipinski definition) is 5. The summed E-state index contributed by atoms with van der Waals surface area (Å²) in [5, 5.41) is 3.39. The van der Waals surface area contributed by atoms with Crippen molar-refractivity contribution < 1.29 is 14.3 Å². The van der Waals surface area contributed by atoms with Crippen LogP contribution < -0.4 is 5.32 Å². The summed E-state index contributed by atoms with van der Waals surface area (Å²) in [4.78, 5) is 33.4. The zero-order valence-corrected chi connectivity index (χ0v) is 21.2. The van der Waals surface area contributed by atoms with E-state index in [1.165, 1.54) is 4.90 Å². The Morgan fingerprint density at radius 3 is 2.50 bits per heavy atom. The van der Waals surface area contributed by atoms with Crippen LogP contribution in [0.2, 0.25) is 0 Å². The summed E-state index contributed by atoms with van der Waals surface area (Å²) in [6, 6.07) is 10.3. The number of carbonyl (C=O) groups is 2. The number of aliphatic imine (C=N–C) groups is 1. The van der Waals surface area contributed by atoms with Crippen molar-refractivity contribution in [3.05, 3.63) is 30.3 Å². The van der Waals surface area contributed by atoms with E-state index in [0.29, 0.717) is 6.61 Å². The Bertz CT molecular complexity index is 680. The lowest BCUT2D eigenvalue weighted by Gasteiger charge is -2.33. The number of halogens is 1. The molecule has 0 aromatic heterocycles. The average molecular weight is 548 g/mol. The van der Waals surface area contributed by atoms with E-state index in [4.69, 9.17) is 4.74 Å². The molecule has 168 valence electrons. The van der Waals surface area contributed by atoms with Crippen LogP contribution >= 0.6 is 35.7 Å². The predicted molar refractivity (Wildman–Crippen MR) is 133 cm³/mol. The summed E-state index contributed by atoms with van der Waals surface area (Å²) in [5.74, 6) is 1.43. The van der Waals surface area contributed by atoms with Crippen LogP contribution in [0.25, 0.3) is 0 Å². The van der Waals surface area contributed by atoms with Crippen LogP contribution in [0.4, 0.5) is 0 Å². The van der Waals surface area contributed by atoms with E-state index >= 15 is 0 Å². The van der Waals surface area contributed by atoms with Crippen molar-refractivity contribution in [1.82, 2.24) is 15.1 Å². The first-order valence-corrected chi connectivity index (χ1v) is 11.1. The number of likely N-dealkylation sites (tertiary alicyclic amines) is 1. The number of ether oxygens (including phenoxy) is 1. The Morgan fingerprint density at radius 2 is 1.90 bits per heavy atom. The van der Waals surface area contributed by atoms with Crippen molar-refractivity contribution in [1.29, 1.82) is 0 Å². The summed E-state index contributed by atoms with van der Waals surface area (Å²) < 4.78 is 5.15. The van der Waals surface area contributed by atoms with E-state index in [0.717, 1.165) is 44.2 Å². The third kappa shape index (κ3) is 9.11. The minimum atomic E-state index is -0.111. The summed E-state index contributed by atoms with van der Waals surface area (Å²) in [6.07, 6.45) is 1.47. The van der Waals surface area contributed by atoms with Gasteiger partial charge in [-0.15, -0.1) is 35.7 Å². The highest BCUT2D eigenvalue weighted by Gasteiger charge is 2.27. The first-order chi connectivity index (χ1) is 14.0. The highest BCUT2D eigenvalue weighted by atomic mass is 127. The van der Waals surface area contributed by atoms with Crippen molar-refractivity contribution in [3.63, 3.8) is 0 Å². The van der Waals surface area contributed by atoms with E-state index in [1.54, 1.807) is 30.8 Å². The van der Waals surface area contributed by atoms with Gasteiger partial charge in [0.05, 0.1) is 12.5 Å². The van der Waals surface area contributed by atoms with Crippen LogP contribution in [0.1, 0.15) is 19.8 Å². The van der Waals surface area contributed by atoms with Crippen molar-refractivity contribution in [2.75, 3.05) is 52.6 Å². The zero-order valence-electron chi connectivity index (χ0n) is 18.0. The van der Waals surface area contributed by atoms with Gasteiger partial charge in [0, 0.05) is 44.4 Å². The van der Waals surface area contributed by atoms with E-state index in [2.05, 4.69) is 27.3 Å². The largest absolute Gasteiger partial charge is 0.466 e. The van der Waals surface area contributed by atoms with Gasteiger partial charge >= 0.3 is 5.97 Å². The van der Waals surface area contributed by atoms with E-state index < -0.39 is 0 Å². The molecular formula is C21H33IN4O3S. The Morgan fingerprint density at radius 1 is 1.23 bits per heavy atom. The Hall–Kier alpha value is -1.49. The highest BCUT2D eigenvalue weighted by Crippen LogP contribution is 2.19. The van der Waals surface area contributed by atoms with E-state index in [1.807, 2.05) is 25.1 Å². The van der Waals surface area contributed by atoms with Crippen LogP contribution in [0.15, 0.2) is 40.2 Å². The van der Waals surface area contributed by atoms with Crippen molar-refractivity contribution in [2.45, 2.75) is 24.7 Å². The van der Waals surface area contributed by atoms with Gasteiger partial charge in [0.25, 0.3) is 0 Å². The molecule has 1 aliphatic heterocycles. The zero-order chi connectivity index (χ0) is 21.1. The lowest BCUT2D eigenvalue weighted by molar-refractivity contribution is -0.149. The monoisotopic (exact) mass is 548 g/mol. The number of esters is 1. The molecule has 7 nitrogen and oxygen atoms in total. The molecule has 0 spiro atoms. The molecule has 1 saturated heterocycles. The number of thioether (sulfide) groups is 1. The van der Waals surface area contributed by atoms with Crippen molar-refractivity contribution in [2.24, 2.45) is 10.9 Å². The van der Waals surface area contributed by atoms with Crippen LogP contribution in [0.3, 0.4) is 0 Å². The molecule has 1 heterocycles. The molecule has 0 atom stereocenters. The summed E-state index contributed by atoms with van der Waals surface area (Å²) in [5.41, 5.74) is 0. The van der Waals surface area contributed by atoms with Crippen LogP contribution in [0, 0.1) is 5.92 Å². The number of piperidine rings is 1. The van der Waals surface area contributed by atoms with Gasteiger partial charge in [-0.25, -0.2) is 4.99 Å². The number of rotatable bonds is 8. The normalized spacial score (nSPS) is 14.6. The summed E-state index contributed by atoms with van der Waals surface area (Å²) >= 11 is 1.78. The van der Waals surface area contributed by atoms with Gasteiger partial charge in [-0.1, -0.05) is 18.2 Å². The lowest BCUT2D eigenvalue weighted by atomic mass is 9.97. The van der Waals surface area contributed by atoms with Crippen LogP contribution in [-0.4, -0.2) is 80.3 Å². The van der Waals surface area contributed by atoms with Crippen molar-refractivity contribution >= 4 is 53.6 Å². The first kappa shape index (κ1) is 26.5. The molecule has 0 saturated carbocycles.